The maximum atomic E-state index is 13.4. The molecule has 0 saturated carbocycles. The molecule has 0 radical (unpaired) electrons. The standard InChI is InChI=1S/C40H58N10O7/c1-5-6-10-31(46-39(55)37(27(2)3)47-34(51)11-8-7-9-19-50-35(52)16-17-36(50)53)38(54)45-30-14-12-29(13-15-30)26-57-40(56)42-18-20-48-21-23-49(24-22-48)33-25-32(41)43-28(4)44-33/h12-17,25,27,31,37H,5-11,18-24,26H2,1-4H3,(H,42,56)(H,45,54)(H,46,55)(H,47,51)(H2,41,43,44)/t31?,37-/m0/s1. The average Bonchev–Trinajstić information content (AvgIpc) is 3.50. The van der Waals surface area contributed by atoms with Crippen LogP contribution < -0.4 is 31.9 Å². The SMILES string of the molecule is CCCCC(NC(=O)[C@@H](NC(=O)CCCCCN1C(=O)C=CC1=O)C(C)C)C(=O)Nc1ccc(COC(=O)NCCN2CCN(c3cc(N)nc(C)n3)CC2)cc1. The van der Waals surface area contributed by atoms with Crippen molar-refractivity contribution in [1.29, 1.82) is 0 Å². The molecule has 17 heteroatoms. The van der Waals surface area contributed by atoms with E-state index < -0.39 is 24.1 Å². The number of aromatic nitrogens is 2. The Morgan fingerprint density at radius 3 is 2.23 bits per heavy atom. The van der Waals surface area contributed by atoms with Crippen LogP contribution in [0.5, 0.6) is 0 Å². The molecule has 2 aliphatic rings. The molecule has 1 fully saturated rings. The van der Waals surface area contributed by atoms with Crippen molar-refractivity contribution in [3.05, 3.63) is 53.9 Å². The van der Waals surface area contributed by atoms with E-state index in [1.54, 1.807) is 30.3 Å². The van der Waals surface area contributed by atoms with Crippen LogP contribution in [-0.2, 0) is 35.3 Å². The quantitative estimate of drug-likeness (QED) is 0.0911. The van der Waals surface area contributed by atoms with Crippen LogP contribution in [0, 0.1) is 12.8 Å². The van der Waals surface area contributed by atoms with Gasteiger partial charge in [-0.15, -0.1) is 0 Å². The highest BCUT2D eigenvalue weighted by Gasteiger charge is 2.29. The molecule has 0 spiro atoms. The number of nitrogens with zero attached hydrogens (tertiary/aromatic N) is 5. The summed E-state index contributed by atoms with van der Waals surface area (Å²) in [4.78, 5) is 89.5. The highest BCUT2D eigenvalue weighted by Crippen LogP contribution is 2.17. The minimum atomic E-state index is -0.839. The van der Waals surface area contributed by atoms with Gasteiger partial charge in [0.05, 0.1) is 0 Å². The summed E-state index contributed by atoms with van der Waals surface area (Å²) < 4.78 is 5.40. The number of nitrogen functional groups attached to an aromatic ring is 1. The Balaban J connectivity index is 1.15. The first-order valence-electron chi connectivity index (χ1n) is 19.8. The lowest BCUT2D eigenvalue weighted by molar-refractivity contribution is -0.137. The van der Waals surface area contributed by atoms with Crippen LogP contribution in [0.2, 0.25) is 0 Å². The van der Waals surface area contributed by atoms with Gasteiger partial charge in [0.2, 0.25) is 17.7 Å². The van der Waals surface area contributed by atoms with E-state index in [0.717, 1.165) is 44.0 Å². The zero-order valence-corrected chi connectivity index (χ0v) is 33.6. The van der Waals surface area contributed by atoms with Crippen molar-refractivity contribution in [2.45, 2.75) is 91.3 Å². The number of carbonyl (C=O) groups is 6. The van der Waals surface area contributed by atoms with E-state index in [1.165, 1.54) is 17.1 Å². The Morgan fingerprint density at radius 2 is 1.58 bits per heavy atom. The van der Waals surface area contributed by atoms with Gasteiger partial charge in [-0.1, -0.05) is 52.2 Å². The first-order chi connectivity index (χ1) is 27.3. The predicted octanol–water partition coefficient (Wildman–Crippen LogP) is 2.66. The van der Waals surface area contributed by atoms with E-state index in [9.17, 15) is 28.8 Å². The molecule has 310 valence electrons. The molecule has 1 aromatic carbocycles. The third kappa shape index (κ3) is 14.5. The molecule has 0 bridgehead atoms. The number of unbranched alkanes of at least 4 members (excludes halogenated alkanes) is 3. The molecule has 2 aromatic rings. The third-order valence-corrected chi connectivity index (χ3v) is 9.76. The van der Waals surface area contributed by atoms with Crippen molar-refractivity contribution in [1.82, 2.24) is 35.7 Å². The molecule has 1 aromatic heterocycles. The van der Waals surface area contributed by atoms with E-state index in [2.05, 4.69) is 41.0 Å². The fraction of sp³-hybridized carbons (Fsp3) is 0.550. The first kappa shape index (κ1) is 44.1. The van der Waals surface area contributed by atoms with Gasteiger partial charge in [0.1, 0.15) is 36.2 Å². The molecule has 1 unspecified atom stereocenters. The molecule has 4 rings (SSSR count). The molecule has 2 aliphatic heterocycles. The number of ether oxygens (including phenoxy) is 1. The Hall–Kier alpha value is -5.58. The predicted molar refractivity (Wildman–Crippen MR) is 216 cm³/mol. The summed E-state index contributed by atoms with van der Waals surface area (Å²) >= 11 is 0. The van der Waals surface area contributed by atoms with E-state index in [4.69, 9.17) is 10.5 Å². The first-order valence-corrected chi connectivity index (χ1v) is 19.8. The number of imide groups is 1. The van der Waals surface area contributed by atoms with Crippen LogP contribution in [0.15, 0.2) is 42.5 Å². The molecular formula is C40H58N10O7. The molecular weight excluding hydrogens is 733 g/mol. The lowest BCUT2D eigenvalue weighted by atomic mass is 10.0. The van der Waals surface area contributed by atoms with Crippen molar-refractivity contribution >= 4 is 53.0 Å². The minimum Gasteiger partial charge on any atom is -0.445 e. The fourth-order valence-electron chi connectivity index (χ4n) is 6.47. The molecule has 57 heavy (non-hydrogen) atoms. The molecule has 2 atom stereocenters. The van der Waals surface area contributed by atoms with E-state index >= 15 is 0 Å². The normalized spacial score (nSPS) is 15.4. The number of hydrogen-bond donors (Lipinski definition) is 5. The minimum absolute atomic E-state index is 0.0516. The number of hydrogen-bond acceptors (Lipinski definition) is 12. The topological polar surface area (TPSA) is 221 Å². The molecule has 17 nitrogen and oxygen atoms in total. The van der Waals surface area contributed by atoms with E-state index in [-0.39, 0.29) is 42.6 Å². The summed E-state index contributed by atoms with van der Waals surface area (Å²) in [6.07, 6.45) is 5.84. The Labute approximate surface area is 334 Å². The number of alkyl carbamates (subject to hydrolysis) is 1. The number of anilines is 3. The summed E-state index contributed by atoms with van der Waals surface area (Å²) in [5, 5.41) is 11.3. The molecule has 6 amide bonds. The largest absolute Gasteiger partial charge is 0.445 e. The van der Waals surface area contributed by atoms with Crippen LogP contribution in [-0.4, -0.2) is 113 Å². The Kier molecular flexibility index (Phi) is 17.2. The number of carbonyl (C=O) groups excluding carboxylic acids is 6. The van der Waals surface area contributed by atoms with Crippen LogP contribution in [0.1, 0.15) is 77.1 Å². The van der Waals surface area contributed by atoms with Gasteiger partial charge in [-0.2, -0.15) is 0 Å². The van der Waals surface area contributed by atoms with Crippen molar-refractivity contribution in [2.24, 2.45) is 5.92 Å². The molecule has 6 N–H and O–H groups in total. The van der Waals surface area contributed by atoms with Gasteiger partial charge >= 0.3 is 6.09 Å². The van der Waals surface area contributed by atoms with Crippen molar-refractivity contribution in [3.63, 3.8) is 0 Å². The number of aryl methyl sites for hydroxylation is 1. The van der Waals surface area contributed by atoms with Gasteiger partial charge in [0.25, 0.3) is 11.8 Å². The van der Waals surface area contributed by atoms with Crippen LogP contribution in [0.4, 0.5) is 22.1 Å². The maximum absolute atomic E-state index is 13.4. The van der Waals surface area contributed by atoms with Gasteiger partial charge < -0.3 is 36.6 Å². The number of amides is 6. The van der Waals surface area contributed by atoms with Gasteiger partial charge in [0.15, 0.2) is 0 Å². The number of rotatable bonds is 21. The molecule has 1 saturated heterocycles. The number of nitrogens with two attached hydrogens (primary N) is 1. The number of nitrogens with one attached hydrogen (secondary N) is 4. The van der Waals surface area contributed by atoms with Gasteiger partial charge in [-0.25, -0.2) is 14.8 Å². The highest BCUT2D eigenvalue weighted by molar-refractivity contribution is 6.12. The zero-order valence-electron chi connectivity index (χ0n) is 33.6. The van der Waals surface area contributed by atoms with Crippen LogP contribution in [0.3, 0.4) is 0 Å². The van der Waals surface area contributed by atoms with Crippen molar-refractivity contribution < 1.29 is 33.5 Å². The van der Waals surface area contributed by atoms with Crippen LogP contribution >= 0.6 is 0 Å². The lowest BCUT2D eigenvalue weighted by Crippen LogP contribution is -2.54. The zero-order chi connectivity index (χ0) is 41.3. The summed E-state index contributed by atoms with van der Waals surface area (Å²) in [6.45, 7) is 12.2. The average molecular weight is 791 g/mol. The second-order valence-corrected chi connectivity index (χ2v) is 14.7. The highest BCUT2D eigenvalue weighted by atomic mass is 16.5. The van der Waals surface area contributed by atoms with Gasteiger partial charge in [-0.3, -0.25) is 33.8 Å². The lowest BCUT2D eigenvalue weighted by Gasteiger charge is -2.35. The van der Waals surface area contributed by atoms with Crippen LogP contribution in [0.25, 0.3) is 0 Å². The summed E-state index contributed by atoms with van der Waals surface area (Å²) in [5.74, 6) is -0.0799. The number of piperazine rings is 1. The third-order valence-electron chi connectivity index (χ3n) is 9.76. The van der Waals surface area contributed by atoms with E-state index in [0.29, 0.717) is 69.1 Å². The summed E-state index contributed by atoms with van der Waals surface area (Å²) in [7, 11) is 0. The van der Waals surface area contributed by atoms with Crippen molar-refractivity contribution in [3.8, 4) is 0 Å². The maximum Gasteiger partial charge on any atom is 0.407 e. The van der Waals surface area contributed by atoms with Crippen molar-refractivity contribution in [2.75, 3.05) is 61.8 Å². The van der Waals surface area contributed by atoms with E-state index in [1.807, 2.05) is 27.7 Å². The Bertz CT molecular complexity index is 1690. The monoisotopic (exact) mass is 790 g/mol. The number of benzene rings is 1. The van der Waals surface area contributed by atoms with Gasteiger partial charge in [0, 0.05) is 76.1 Å². The second kappa shape index (κ2) is 22.2. The Morgan fingerprint density at radius 1 is 0.877 bits per heavy atom. The second-order valence-electron chi connectivity index (χ2n) is 14.7. The molecule has 3 heterocycles. The molecule has 0 aliphatic carbocycles. The van der Waals surface area contributed by atoms with Gasteiger partial charge in [-0.05, 0) is 49.8 Å². The fourth-order valence-corrected chi connectivity index (χ4v) is 6.47. The smallest absolute Gasteiger partial charge is 0.407 e. The summed E-state index contributed by atoms with van der Waals surface area (Å²) in [5.41, 5.74) is 7.13. The summed E-state index contributed by atoms with van der Waals surface area (Å²) in [6, 6.07) is 7.04.